The SMILES string of the molecule is CC(C)(C)OC(=O)C[C@@H](/C=N/NC(N)=O)NC(=O)[C@H](CC1CCCC1)NS(=O)(=O)c1cccc(OC(F)(F)F)c1. The molecule has 224 valence electrons. The lowest BCUT2D eigenvalue weighted by Gasteiger charge is -2.25. The second-order valence-corrected chi connectivity index (χ2v) is 12.0. The Morgan fingerprint density at radius 3 is 2.40 bits per heavy atom. The Morgan fingerprint density at radius 2 is 1.82 bits per heavy atom. The van der Waals surface area contributed by atoms with Crippen molar-refractivity contribution in [2.45, 2.75) is 88.2 Å². The van der Waals surface area contributed by atoms with E-state index in [1.165, 1.54) is 0 Å². The summed E-state index contributed by atoms with van der Waals surface area (Å²) in [6.07, 6.45) is -1.01. The van der Waals surface area contributed by atoms with Gasteiger partial charge in [-0.05, 0) is 45.2 Å². The summed E-state index contributed by atoms with van der Waals surface area (Å²) in [5.74, 6) is -2.27. The maximum Gasteiger partial charge on any atom is 0.573 e. The molecule has 0 aliphatic heterocycles. The molecule has 3 amide bonds. The molecule has 1 fully saturated rings. The van der Waals surface area contributed by atoms with Crippen LogP contribution in [0, 0.1) is 5.92 Å². The molecule has 1 aliphatic carbocycles. The van der Waals surface area contributed by atoms with E-state index in [1.54, 1.807) is 20.8 Å². The molecule has 5 N–H and O–H groups in total. The molecule has 2 atom stereocenters. The molecule has 40 heavy (non-hydrogen) atoms. The van der Waals surface area contributed by atoms with E-state index >= 15 is 0 Å². The molecule has 1 aromatic carbocycles. The summed E-state index contributed by atoms with van der Waals surface area (Å²) in [5.41, 5.74) is 6.09. The quantitative estimate of drug-likeness (QED) is 0.163. The first-order valence-electron chi connectivity index (χ1n) is 12.4. The fourth-order valence-corrected chi connectivity index (χ4v) is 5.30. The number of halogens is 3. The Kier molecular flexibility index (Phi) is 11.3. The average molecular weight is 594 g/mol. The molecule has 0 spiro atoms. The smallest absolute Gasteiger partial charge is 0.460 e. The highest BCUT2D eigenvalue weighted by Gasteiger charge is 2.33. The van der Waals surface area contributed by atoms with Crippen molar-refractivity contribution < 1.29 is 45.4 Å². The number of nitrogens with two attached hydrogens (primary N) is 1. The van der Waals surface area contributed by atoms with Crippen LogP contribution < -0.4 is 25.9 Å². The number of ether oxygens (including phenoxy) is 2. The lowest BCUT2D eigenvalue weighted by atomic mass is 9.98. The standard InChI is InChI=1S/C24H34F3N5O7S/c1-23(2,3)39-20(33)12-16(14-29-31-22(28)35)30-21(34)19(11-15-7-4-5-8-15)32-40(36,37)18-10-6-9-17(13-18)38-24(25,26)27/h6,9-10,13-16,19,32H,4-5,7-8,11-12H2,1-3H3,(H,30,34)(H3,28,31,35)/b29-14+/t16-,19-/m0/s1. The number of carbonyl (C=O) groups is 3. The molecule has 1 aliphatic rings. The molecule has 1 aromatic rings. The first kappa shape index (κ1) is 32.8. The van der Waals surface area contributed by atoms with Crippen LogP contribution in [0.2, 0.25) is 0 Å². The Bertz CT molecular complexity index is 1180. The predicted octanol–water partition coefficient (Wildman–Crippen LogP) is 2.68. The molecule has 0 saturated heterocycles. The van der Waals surface area contributed by atoms with Gasteiger partial charge in [-0.1, -0.05) is 31.7 Å². The van der Waals surface area contributed by atoms with Crippen LogP contribution in [-0.2, 0) is 24.3 Å². The third-order valence-electron chi connectivity index (χ3n) is 5.57. The number of hydrazone groups is 1. The van der Waals surface area contributed by atoms with Crippen molar-refractivity contribution in [3.05, 3.63) is 24.3 Å². The summed E-state index contributed by atoms with van der Waals surface area (Å²) in [4.78, 5) is 36.2. The maximum absolute atomic E-state index is 13.3. The number of primary amides is 1. The van der Waals surface area contributed by atoms with E-state index in [1.807, 2.05) is 5.43 Å². The molecule has 12 nitrogen and oxygen atoms in total. The predicted molar refractivity (Wildman–Crippen MR) is 137 cm³/mol. The molecule has 0 radical (unpaired) electrons. The van der Waals surface area contributed by atoms with Gasteiger partial charge in [0.15, 0.2) is 0 Å². The number of nitrogens with zero attached hydrogens (tertiary/aromatic N) is 1. The van der Waals surface area contributed by atoms with Crippen molar-refractivity contribution in [1.29, 1.82) is 0 Å². The molecule has 1 saturated carbocycles. The summed E-state index contributed by atoms with van der Waals surface area (Å²) < 4.78 is 75.5. The molecule has 0 bridgehead atoms. The Labute approximate surface area is 230 Å². The van der Waals surface area contributed by atoms with Crippen LogP contribution in [0.15, 0.2) is 34.3 Å². The van der Waals surface area contributed by atoms with E-state index in [9.17, 15) is 36.0 Å². The fraction of sp³-hybridized carbons (Fsp3) is 0.583. The summed E-state index contributed by atoms with van der Waals surface area (Å²) in [5, 5.41) is 6.10. The third-order valence-corrected chi connectivity index (χ3v) is 7.04. The largest absolute Gasteiger partial charge is 0.573 e. The lowest BCUT2D eigenvalue weighted by Crippen LogP contribution is -2.51. The van der Waals surface area contributed by atoms with Crippen molar-refractivity contribution in [2.75, 3.05) is 0 Å². The van der Waals surface area contributed by atoms with Crippen molar-refractivity contribution >= 4 is 34.1 Å². The van der Waals surface area contributed by atoms with Gasteiger partial charge in [0.1, 0.15) is 17.4 Å². The number of nitrogens with one attached hydrogen (secondary N) is 3. The van der Waals surface area contributed by atoms with E-state index in [0.29, 0.717) is 6.07 Å². The average Bonchev–Trinajstić information content (AvgIpc) is 3.29. The van der Waals surface area contributed by atoms with E-state index in [0.717, 1.165) is 50.1 Å². The van der Waals surface area contributed by atoms with Crippen LogP contribution >= 0.6 is 0 Å². The zero-order valence-electron chi connectivity index (χ0n) is 22.3. The van der Waals surface area contributed by atoms with Gasteiger partial charge in [0.05, 0.1) is 17.4 Å². The van der Waals surface area contributed by atoms with Gasteiger partial charge in [-0.25, -0.2) is 18.6 Å². The number of hydrogen-bond donors (Lipinski definition) is 4. The molecule has 16 heteroatoms. The summed E-state index contributed by atoms with van der Waals surface area (Å²) in [7, 11) is -4.49. The minimum absolute atomic E-state index is 0.00727. The van der Waals surface area contributed by atoms with Crippen molar-refractivity contribution in [3.8, 4) is 5.75 Å². The topological polar surface area (TPSA) is 178 Å². The van der Waals surface area contributed by atoms with Crippen LogP contribution in [0.3, 0.4) is 0 Å². The summed E-state index contributed by atoms with van der Waals surface area (Å²) in [6.45, 7) is 4.92. The van der Waals surface area contributed by atoms with Crippen molar-refractivity contribution in [3.63, 3.8) is 0 Å². The number of benzene rings is 1. The van der Waals surface area contributed by atoms with Gasteiger partial charge < -0.3 is 20.5 Å². The molecule has 0 heterocycles. The van der Waals surface area contributed by atoms with Gasteiger partial charge in [0.2, 0.25) is 15.9 Å². The number of sulfonamides is 1. The highest BCUT2D eigenvalue weighted by Crippen LogP contribution is 2.30. The van der Waals surface area contributed by atoms with Gasteiger partial charge >= 0.3 is 18.4 Å². The Hall–Kier alpha value is -3.40. The van der Waals surface area contributed by atoms with Crippen molar-refractivity contribution in [1.82, 2.24) is 15.5 Å². The van der Waals surface area contributed by atoms with Gasteiger partial charge in [0, 0.05) is 12.3 Å². The summed E-state index contributed by atoms with van der Waals surface area (Å²) >= 11 is 0. The van der Waals surface area contributed by atoms with Gasteiger partial charge in [-0.15, -0.1) is 13.2 Å². The first-order chi connectivity index (χ1) is 18.4. The number of alkyl halides is 3. The minimum atomic E-state index is -5.03. The zero-order valence-corrected chi connectivity index (χ0v) is 23.1. The molecule has 2 rings (SSSR count). The van der Waals surface area contributed by atoms with Gasteiger partial charge in [0.25, 0.3) is 0 Å². The van der Waals surface area contributed by atoms with Gasteiger partial charge in [-0.2, -0.15) is 9.82 Å². The maximum atomic E-state index is 13.3. The van der Waals surface area contributed by atoms with Crippen LogP contribution in [0.1, 0.15) is 59.3 Å². The molecule has 0 unspecified atom stereocenters. The van der Waals surface area contributed by atoms with E-state index in [4.69, 9.17) is 10.5 Å². The Balaban J connectivity index is 2.29. The van der Waals surface area contributed by atoms with Crippen LogP contribution in [0.5, 0.6) is 5.75 Å². The van der Waals surface area contributed by atoms with Gasteiger partial charge in [-0.3, -0.25) is 9.59 Å². The number of amides is 3. The van der Waals surface area contributed by atoms with E-state index < -0.39 is 69.0 Å². The summed E-state index contributed by atoms with van der Waals surface area (Å²) in [6, 6.07) is 0.281. The number of carbonyl (C=O) groups excluding carboxylic acids is 3. The van der Waals surface area contributed by atoms with Crippen LogP contribution in [-0.4, -0.2) is 56.6 Å². The second-order valence-electron chi connectivity index (χ2n) is 10.2. The fourth-order valence-electron chi connectivity index (χ4n) is 4.06. The monoisotopic (exact) mass is 593 g/mol. The van der Waals surface area contributed by atoms with Crippen LogP contribution in [0.4, 0.5) is 18.0 Å². The first-order valence-corrected chi connectivity index (χ1v) is 13.9. The second kappa shape index (κ2) is 13.8. The van der Waals surface area contributed by atoms with E-state index in [-0.39, 0.29) is 12.3 Å². The molecule has 0 aromatic heterocycles. The zero-order chi connectivity index (χ0) is 30.1. The normalized spacial score (nSPS) is 16.4. The van der Waals surface area contributed by atoms with E-state index in [2.05, 4.69) is 19.9 Å². The Morgan fingerprint density at radius 1 is 1.18 bits per heavy atom. The minimum Gasteiger partial charge on any atom is -0.460 e. The van der Waals surface area contributed by atoms with Crippen molar-refractivity contribution in [2.24, 2.45) is 16.8 Å². The molecular weight excluding hydrogens is 559 g/mol. The highest BCUT2D eigenvalue weighted by atomic mass is 32.2. The third kappa shape index (κ3) is 12.2. The number of urea groups is 1. The number of esters is 1. The number of rotatable bonds is 12. The lowest BCUT2D eigenvalue weighted by molar-refractivity contribution is -0.274. The van der Waals surface area contributed by atoms with Crippen LogP contribution in [0.25, 0.3) is 0 Å². The molecular formula is C24H34F3N5O7S. The number of hydrogen-bond acceptors (Lipinski definition) is 8. The highest BCUT2D eigenvalue weighted by molar-refractivity contribution is 7.89.